The molecule has 2 aromatic rings. The van der Waals surface area contributed by atoms with Crippen molar-refractivity contribution in [3.63, 3.8) is 0 Å². The first-order chi connectivity index (χ1) is 11.0. The fraction of sp³-hybridized carbons (Fsp3) is 0.500. The Morgan fingerprint density at radius 3 is 2.87 bits per heavy atom. The summed E-state index contributed by atoms with van der Waals surface area (Å²) in [5, 5.41) is 10.5. The molecule has 1 atom stereocenters. The maximum atomic E-state index is 13.1. The summed E-state index contributed by atoms with van der Waals surface area (Å²) in [5.74, 6) is 0.00252. The number of aromatic nitrogens is 1. The molecule has 5 heteroatoms. The number of para-hydroxylation sites is 1. The van der Waals surface area contributed by atoms with Crippen molar-refractivity contribution in [2.45, 2.75) is 13.8 Å². The van der Waals surface area contributed by atoms with Crippen molar-refractivity contribution in [3.8, 4) is 0 Å². The fourth-order valence-electron chi connectivity index (χ4n) is 3.53. The van der Waals surface area contributed by atoms with Gasteiger partial charge in [0.2, 0.25) is 0 Å². The zero-order valence-corrected chi connectivity index (χ0v) is 14.0. The van der Waals surface area contributed by atoms with E-state index in [2.05, 4.69) is 19.1 Å². The molecule has 1 unspecified atom stereocenters. The number of fused-ring (bicyclic) bond motifs is 1. The number of carbonyl (C=O) groups is 1. The minimum Gasteiger partial charge on any atom is -0.396 e. The number of carbonyl (C=O) groups excluding carboxylic acids is 1. The predicted octanol–water partition coefficient (Wildman–Crippen LogP) is 1.88. The Morgan fingerprint density at radius 2 is 2.17 bits per heavy atom. The monoisotopic (exact) mass is 316 g/mol. The standard InChI is InChI=1S/C18H24N2O3/c1-12-5-4-6-15-13(2)17(19(3)16(12)15)18(22)20-7-8-23-11-14(9-20)10-21/h4-6,14,21H,7-11H2,1-3H3. The quantitative estimate of drug-likeness (QED) is 0.920. The molecule has 0 spiro atoms. The van der Waals surface area contributed by atoms with E-state index in [9.17, 15) is 9.90 Å². The highest BCUT2D eigenvalue weighted by atomic mass is 16.5. The molecule has 3 rings (SSSR count). The zero-order chi connectivity index (χ0) is 16.6. The summed E-state index contributed by atoms with van der Waals surface area (Å²) in [7, 11) is 1.95. The average molecular weight is 316 g/mol. The van der Waals surface area contributed by atoms with E-state index in [1.807, 2.05) is 29.5 Å². The lowest BCUT2D eigenvalue weighted by molar-refractivity contribution is 0.0718. The van der Waals surface area contributed by atoms with Gasteiger partial charge < -0.3 is 19.3 Å². The number of ether oxygens (including phenoxy) is 1. The lowest BCUT2D eigenvalue weighted by Gasteiger charge is -2.23. The number of aliphatic hydroxyl groups excluding tert-OH is 1. The van der Waals surface area contributed by atoms with Crippen LogP contribution < -0.4 is 0 Å². The van der Waals surface area contributed by atoms with E-state index in [0.29, 0.717) is 26.3 Å². The lowest BCUT2D eigenvalue weighted by Crippen LogP contribution is -2.38. The molecule has 124 valence electrons. The van der Waals surface area contributed by atoms with Crippen LogP contribution in [0.2, 0.25) is 0 Å². The molecule has 1 N–H and O–H groups in total. The van der Waals surface area contributed by atoms with Crippen LogP contribution >= 0.6 is 0 Å². The highest BCUT2D eigenvalue weighted by molar-refractivity contribution is 6.02. The Kier molecular flexibility index (Phi) is 4.41. The van der Waals surface area contributed by atoms with Crippen molar-refractivity contribution in [3.05, 3.63) is 35.0 Å². The van der Waals surface area contributed by atoms with E-state index >= 15 is 0 Å². The number of benzene rings is 1. The Hall–Kier alpha value is -1.85. The lowest BCUT2D eigenvalue weighted by atomic mass is 10.1. The van der Waals surface area contributed by atoms with Crippen LogP contribution in [-0.2, 0) is 11.8 Å². The molecule has 5 nitrogen and oxygen atoms in total. The van der Waals surface area contributed by atoms with Crippen LogP contribution in [0, 0.1) is 19.8 Å². The van der Waals surface area contributed by atoms with Gasteiger partial charge >= 0.3 is 0 Å². The summed E-state index contributed by atoms with van der Waals surface area (Å²) < 4.78 is 7.49. The number of hydrogen-bond acceptors (Lipinski definition) is 3. The molecule has 23 heavy (non-hydrogen) atoms. The van der Waals surface area contributed by atoms with Crippen molar-refractivity contribution in [2.75, 3.05) is 32.9 Å². The molecule has 1 aliphatic rings. The number of aliphatic hydroxyl groups is 1. The average Bonchev–Trinajstić information content (AvgIpc) is 2.71. The largest absolute Gasteiger partial charge is 0.396 e. The van der Waals surface area contributed by atoms with Crippen molar-refractivity contribution in [2.24, 2.45) is 13.0 Å². The van der Waals surface area contributed by atoms with Gasteiger partial charge in [-0.3, -0.25) is 4.79 Å². The normalized spacial score (nSPS) is 19.1. The van der Waals surface area contributed by atoms with Crippen molar-refractivity contribution in [1.82, 2.24) is 9.47 Å². The van der Waals surface area contributed by atoms with Gasteiger partial charge in [0, 0.05) is 38.0 Å². The van der Waals surface area contributed by atoms with Crippen molar-refractivity contribution >= 4 is 16.8 Å². The molecule has 1 aromatic carbocycles. The summed E-state index contributed by atoms with van der Waals surface area (Å²) in [5.41, 5.74) is 4.02. The SMILES string of the molecule is Cc1c(C(=O)N2CCOCC(CO)C2)n(C)c2c(C)cccc12. The van der Waals surface area contributed by atoms with E-state index in [-0.39, 0.29) is 18.4 Å². The third-order valence-corrected chi connectivity index (χ3v) is 4.75. The van der Waals surface area contributed by atoms with Crippen LogP contribution in [-0.4, -0.2) is 53.4 Å². The molecule has 0 aliphatic carbocycles. The van der Waals surface area contributed by atoms with Crippen LogP contribution in [0.5, 0.6) is 0 Å². The number of rotatable bonds is 2. The summed E-state index contributed by atoms with van der Waals surface area (Å²) in [4.78, 5) is 14.9. The summed E-state index contributed by atoms with van der Waals surface area (Å²) in [6, 6.07) is 6.16. The second-order valence-electron chi connectivity index (χ2n) is 6.38. The number of nitrogens with zero attached hydrogens (tertiary/aromatic N) is 2. The molecular formula is C18H24N2O3. The number of hydrogen-bond donors (Lipinski definition) is 1. The molecule has 2 heterocycles. The van der Waals surface area contributed by atoms with Crippen LogP contribution in [0.3, 0.4) is 0 Å². The molecule has 0 saturated carbocycles. The first kappa shape index (κ1) is 16.0. The third kappa shape index (κ3) is 2.75. The third-order valence-electron chi connectivity index (χ3n) is 4.75. The molecule has 1 aromatic heterocycles. The van der Waals surface area contributed by atoms with Gasteiger partial charge in [-0.1, -0.05) is 18.2 Å². The molecule has 0 radical (unpaired) electrons. The number of amides is 1. The van der Waals surface area contributed by atoms with Gasteiger partial charge in [0.05, 0.1) is 18.7 Å². The maximum Gasteiger partial charge on any atom is 0.270 e. The second-order valence-corrected chi connectivity index (χ2v) is 6.38. The summed E-state index contributed by atoms with van der Waals surface area (Å²) in [6.07, 6.45) is 0. The number of aryl methyl sites for hydroxylation is 3. The highest BCUT2D eigenvalue weighted by Gasteiger charge is 2.27. The molecule has 1 saturated heterocycles. The minimum absolute atomic E-state index is 0.0156. The Balaban J connectivity index is 2.02. The predicted molar refractivity (Wildman–Crippen MR) is 89.7 cm³/mol. The van der Waals surface area contributed by atoms with Crippen LogP contribution in [0.1, 0.15) is 21.6 Å². The smallest absolute Gasteiger partial charge is 0.270 e. The highest BCUT2D eigenvalue weighted by Crippen LogP contribution is 2.28. The summed E-state index contributed by atoms with van der Waals surface area (Å²) in [6.45, 7) is 6.24. The Morgan fingerprint density at radius 1 is 1.39 bits per heavy atom. The van der Waals surface area contributed by atoms with Gasteiger partial charge in [0.25, 0.3) is 5.91 Å². The Labute approximate surface area is 136 Å². The molecular weight excluding hydrogens is 292 g/mol. The van der Waals surface area contributed by atoms with Crippen molar-refractivity contribution < 1.29 is 14.6 Å². The Bertz CT molecular complexity index is 735. The zero-order valence-electron chi connectivity index (χ0n) is 14.0. The van der Waals surface area contributed by atoms with Crippen molar-refractivity contribution in [1.29, 1.82) is 0 Å². The first-order valence-corrected chi connectivity index (χ1v) is 8.07. The van der Waals surface area contributed by atoms with E-state index in [0.717, 1.165) is 22.2 Å². The van der Waals surface area contributed by atoms with E-state index in [1.54, 1.807) is 0 Å². The summed E-state index contributed by atoms with van der Waals surface area (Å²) >= 11 is 0. The topological polar surface area (TPSA) is 54.7 Å². The van der Waals surface area contributed by atoms with Gasteiger partial charge in [-0.2, -0.15) is 0 Å². The molecule has 0 bridgehead atoms. The fourth-order valence-corrected chi connectivity index (χ4v) is 3.53. The molecule has 1 amide bonds. The molecule has 1 fully saturated rings. The van der Waals surface area contributed by atoms with E-state index in [1.165, 1.54) is 5.56 Å². The van der Waals surface area contributed by atoms with E-state index < -0.39 is 0 Å². The van der Waals surface area contributed by atoms with Gasteiger partial charge in [0.15, 0.2) is 0 Å². The van der Waals surface area contributed by atoms with Crippen LogP contribution in [0.4, 0.5) is 0 Å². The van der Waals surface area contributed by atoms with E-state index in [4.69, 9.17) is 4.74 Å². The van der Waals surface area contributed by atoms with Crippen LogP contribution in [0.15, 0.2) is 18.2 Å². The van der Waals surface area contributed by atoms with Gasteiger partial charge in [-0.25, -0.2) is 0 Å². The van der Waals surface area contributed by atoms with Gasteiger partial charge in [0.1, 0.15) is 5.69 Å². The molecule has 1 aliphatic heterocycles. The first-order valence-electron chi connectivity index (χ1n) is 8.07. The maximum absolute atomic E-state index is 13.1. The minimum atomic E-state index is -0.0156. The second kappa shape index (κ2) is 6.34. The van der Waals surface area contributed by atoms with Crippen LogP contribution in [0.25, 0.3) is 10.9 Å². The van der Waals surface area contributed by atoms with Gasteiger partial charge in [-0.15, -0.1) is 0 Å². The van der Waals surface area contributed by atoms with Gasteiger partial charge in [-0.05, 0) is 25.0 Å².